The summed E-state index contributed by atoms with van der Waals surface area (Å²) in [6.45, 7) is 4.10. The van der Waals surface area contributed by atoms with Gasteiger partial charge in [0.2, 0.25) is 5.91 Å². The SMILES string of the molecule is CC[C@@H](C)NC(=O)Cc1ccc2ccccc2c1. The number of benzene rings is 2. The maximum absolute atomic E-state index is 11.8. The molecule has 0 unspecified atom stereocenters. The third kappa shape index (κ3) is 3.10. The number of carbonyl (C=O) groups is 1. The molecule has 1 atom stereocenters. The fraction of sp³-hybridized carbons (Fsp3) is 0.312. The molecule has 2 aromatic rings. The summed E-state index contributed by atoms with van der Waals surface area (Å²) in [5, 5.41) is 5.39. The van der Waals surface area contributed by atoms with Crippen LogP contribution in [0.4, 0.5) is 0 Å². The van der Waals surface area contributed by atoms with Gasteiger partial charge >= 0.3 is 0 Å². The highest BCUT2D eigenvalue weighted by molar-refractivity contribution is 5.85. The summed E-state index contributed by atoms with van der Waals surface area (Å²) in [4.78, 5) is 11.8. The van der Waals surface area contributed by atoms with Crippen LogP contribution >= 0.6 is 0 Å². The zero-order valence-corrected chi connectivity index (χ0v) is 10.9. The summed E-state index contributed by atoms with van der Waals surface area (Å²) >= 11 is 0. The van der Waals surface area contributed by atoms with Crippen LogP contribution in [0.2, 0.25) is 0 Å². The van der Waals surface area contributed by atoms with Crippen molar-refractivity contribution in [2.45, 2.75) is 32.7 Å². The molecule has 0 fully saturated rings. The average Bonchev–Trinajstić information content (AvgIpc) is 2.38. The lowest BCUT2D eigenvalue weighted by atomic mass is 10.0. The van der Waals surface area contributed by atoms with Crippen LogP contribution in [-0.4, -0.2) is 11.9 Å². The topological polar surface area (TPSA) is 29.1 Å². The minimum atomic E-state index is 0.0969. The van der Waals surface area contributed by atoms with Crippen molar-refractivity contribution >= 4 is 16.7 Å². The van der Waals surface area contributed by atoms with Crippen molar-refractivity contribution in [1.29, 1.82) is 0 Å². The molecule has 0 saturated carbocycles. The van der Waals surface area contributed by atoms with Crippen LogP contribution in [0.25, 0.3) is 10.8 Å². The van der Waals surface area contributed by atoms with Crippen LogP contribution in [0.5, 0.6) is 0 Å². The van der Waals surface area contributed by atoms with Crippen molar-refractivity contribution in [1.82, 2.24) is 5.32 Å². The molecule has 2 rings (SSSR count). The van der Waals surface area contributed by atoms with Gasteiger partial charge in [-0.1, -0.05) is 49.4 Å². The summed E-state index contributed by atoms with van der Waals surface area (Å²) in [6.07, 6.45) is 1.42. The van der Waals surface area contributed by atoms with E-state index in [0.717, 1.165) is 12.0 Å². The minimum absolute atomic E-state index is 0.0969. The first-order valence-corrected chi connectivity index (χ1v) is 6.46. The van der Waals surface area contributed by atoms with Crippen LogP contribution in [0, 0.1) is 0 Å². The Morgan fingerprint density at radius 2 is 1.89 bits per heavy atom. The van der Waals surface area contributed by atoms with E-state index in [9.17, 15) is 4.79 Å². The highest BCUT2D eigenvalue weighted by Gasteiger charge is 2.06. The van der Waals surface area contributed by atoms with Crippen LogP contribution in [0.1, 0.15) is 25.8 Å². The van der Waals surface area contributed by atoms with Crippen LogP contribution in [0.3, 0.4) is 0 Å². The molecule has 0 aliphatic rings. The number of carbonyl (C=O) groups excluding carboxylic acids is 1. The fourth-order valence-corrected chi connectivity index (χ4v) is 1.96. The quantitative estimate of drug-likeness (QED) is 0.874. The van der Waals surface area contributed by atoms with Gasteiger partial charge in [-0.25, -0.2) is 0 Å². The van der Waals surface area contributed by atoms with Gasteiger partial charge in [-0.2, -0.15) is 0 Å². The van der Waals surface area contributed by atoms with E-state index in [4.69, 9.17) is 0 Å². The molecular formula is C16H19NO. The first-order chi connectivity index (χ1) is 8.69. The van der Waals surface area contributed by atoms with Gasteiger partial charge in [0, 0.05) is 6.04 Å². The van der Waals surface area contributed by atoms with Gasteiger partial charge in [-0.15, -0.1) is 0 Å². The number of fused-ring (bicyclic) bond motifs is 1. The van der Waals surface area contributed by atoms with Gasteiger partial charge in [-0.3, -0.25) is 4.79 Å². The molecule has 2 nitrogen and oxygen atoms in total. The third-order valence-electron chi connectivity index (χ3n) is 3.20. The zero-order chi connectivity index (χ0) is 13.0. The Kier molecular flexibility index (Phi) is 3.98. The van der Waals surface area contributed by atoms with Crippen molar-refractivity contribution in [3.8, 4) is 0 Å². The van der Waals surface area contributed by atoms with E-state index in [2.05, 4.69) is 36.5 Å². The third-order valence-corrected chi connectivity index (χ3v) is 3.20. The summed E-state index contributed by atoms with van der Waals surface area (Å²) in [7, 11) is 0. The second-order valence-electron chi connectivity index (χ2n) is 4.74. The van der Waals surface area contributed by atoms with Crippen molar-refractivity contribution < 1.29 is 4.79 Å². The van der Waals surface area contributed by atoms with Crippen LogP contribution < -0.4 is 5.32 Å². The Morgan fingerprint density at radius 3 is 2.61 bits per heavy atom. The van der Waals surface area contributed by atoms with E-state index in [1.807, 2.05) is 25.1 Å². The van der Waals surface area contributed by atoms with Crippen molar-refractivity contribution in [2.24, 2.45) is 0 Å². The Balaban J connectivity index is 2.10. The monoisotopic (exact) mass is 241 g/mol. The first kappa shape index (κ1) is 12.6. The molecule has 1 N–H and O–H groups in total. The second kappa shape index (κ2) is 5.67. The smallest absolute Gasteiger partial charge is 0.224 e. The molecule has 0 bridgehead atoms. The maximum Gasteiger partial charge on any atom is 0.224 e. The molecule has 1 amide bonds. The van der Waals surface area contributed by atoms with E-state index >= 15 is 0 Å². The Hall–Kier alpha value is -1.83. The van der Waals surface area contributed by atoms with E-state index < -0.39 is 0 Å². The number of rotatable bonds is 4. The molecule has 2 heteroatoms. The van der Waals surface area contributed by atoms with E-state index in [0.29, 0.717) is 6.42 Å². The zero-order valence-electron chi connectivity index (χ0n) is 10.9. The molecule has 0 aromatic heterocycles. The predicted octanol–water partition coefficient (Wildman–Crippen LogP) is 3.30. The van der Waals surface area contributed by atoms with Gasteiger partial charge in [0.1, 0.15) is 0 Å². The summed E-state index contributed by atoms with van der Waals surface area (Å²) < 4.78 is 0. The van der Waals surface area contributed by atoms with Crippen LogP contribution in [-0.2, 0) is 11.2 Å². The minimum Gasteiger partial charge on any atom is -0.353 e. The Labute approximate surface area is 108 Å². The summed E-state index contributed by atoms with van der Waals surface area (Å²) in [6, 6.07) is 14.6. The van der Waals surface area contributed by atoms with Gasteiger partial charge in [-0.05, 0) is 29.7 Å². The molecule has 0 aliphatic heterocycles. The molecule has 18 heavy (non-hydrogen) atoms. The number of hydrogen-bond acceptors (Lipinski definition) is 1. The summed E-state index contributed by atoms with van der Waals surface area (Å²) in [5.41, 5.74) is 1.06. The standard InChI is InChI=1S/C16H19NO/c1-3-12(2)17-16(18)11-13-8-9-14-6-4-5-7-15(14)10-13/h4-10,12H,3,11H2,1-2H3,(H,17,18)/t12-/m1/s1. The molecule has 0 aliphatic carbocycles. The molecule has 0 spiro atoms. The molecular weight excluding hydrogens is 222 g/mol. The van der Waals surface area contributed by atoms with E-state index in [-0.39, 0.29) is 11.9 Å². The van der Waals surface area contributed by atoms with Gasteiger partial charge in [0.15, 0.2) is 0 Å². The lowest BCUT2D eigenvalue weighted by Gasteiger charge is -2.11. The lowest BCUT2D eigenvalue weighted by molar-refractivity contribution is -0.121. The maximum atomic E-state index is 11.8. The fourth-order valence-electron chi connectivity index (χ4n) is 1.96. The molecule has 2 aromatic carbocycles. The number of hydrogen-bond donors (Lipinski definition) is 1. The largest absolute Gasteiger partial charge is 0.353 e. The van der Waals surface area contributed by atoms with Gasteiger partial charge < -0.3 is 5.32 Å². The molecule has 94 valence electrons. The molecule has 0 radical (unpaired) electrons. The van der Waals surface area contributed by atoms with Crippen molar-refractivity contribution in [2.75, 3.05) is 0 Å². The van der Waals surface area contributed by atoms with E-state index in [1.165, 1.54) is 10.8 Å². The summed E-state index contributed by atoms with van der Waals surface area (Å²) in [5.74, 6) is 0.0969. The average molecular weight is 241 g/mol. The normalized spacial score (nSPS) is 12.3. The van der Waals surface area contributed by atoms with Gasteiger partial charge in [0.25, 0.3) is 0 Å². The molecule has 0 saturated heterocycles. The van der Waals surface area contributed by atoms with Gasteiger partial charge in [0.05, 0.1) is 6.42 Å². The lowest BCUT2D eigenvalue weighted by Crippen LogP contribution is -2.33. The highest BCUT2D eigenvalue weighted by Crippen LogP contribution is 2.15. The Morgan fingerprint density at radius 1 is 1.17 bits per heavy atom. The number of nitrogens with one attached hydrogen (secondary N) is 1. The number of amides is 1. The second-order valence-corrected chi connectivity index (χ2v) is 4.74. The first-order valence-electron chi connectivity index (χ1n) is 6.46. The molecule has 0 heterocycles. The van der Waals surface area contributed by atoms with Crippen molar-refractivity contribution in [3.05, 3.63) is 48.0 Å². The van der Waals surface area contributed by atoms with E-state index in [1.54, 1.807) is 0 Å². The predicted molar refractivity (Wildman–Crippen MR) is 75.5 cm³/mol. The highest BCUT2D eigenvalue weighted by atomic mass is 16.1. The Bertz CT molecular complexity index is 548. The van der Waals surface area contributed by atoms with Crippen molar-refractivity contribution in [3.63, 3.8) is 0 Å². The van der Waals surface area contributed by atoms with Crippen LogP contribution in [0.15, 0.2) is 42.5 Å².